The van der Waals surface area contributed by atoms with Crippen LogP contribution in [0, 0.1) is 0 Å². The van der Waals surface area contributed by atoms with Gasteiger partial charge in [-0.2, -0.15) is 0 Å². The van der Waals surface area contributed by atoms with Crippen LogP contribution in [0.1, 0.15) is 23.7 Å². The predicted octanol–water partition coefficient (Wildman–Crippen LogP) is 2.98. The van der Waals surface area contributed by atoms with Gasteiger partial charge in [0.1, 0.15) is 5.75 Å². The fourth-order valence-corrected chi connectivity index (χ4v) is 3.26. The third kappa shape index (κ3) is 5.03. The van der Waals surface area contributed by atoms with E-state index in [0.717, 1.165) is 11.4 Å². The number of piperazine rings is 1. The standard InChI is InChI=1S/C22H26N2O4/c1-2-27-22(26)19-10-6-7-11-20(19)23-13-15-24(16-14-23)21(25)12-17-28-18-8-4-3-5-9-18/h3-11H,2,12-17H2,1H3. The van der Waals surface area contributed by atoms with Crippen molar-refractivity contribution in [3.8, 4) is 5.75 Å². The predicted molar refractivity (Wildman–Crippen MR) is 108 cm³/mol. The number of anilines is 1. The maximum Gasteiger partial charge on any atom is 0.340 e. The molecule has 0 N–H and O–H groups in total. The Bertz CT molecular complexity index is 786. The first-order chi connectivity index (χ1) is 13.7. The Morgan fingerprint density at radius 1 is 0.929 bits per heavy atom. The summed E-state index contributed by atoms with van der Waals surface area (Å²) >= 11 is 0. The maximum atomic E-state index is 12.4. The van der Waals surface area contributed by atoms with E-state index in [4.69, 9.17) is 9.47 Å². The summed E-state index contributed by atoms with van der Waals surface area (Å²) in [5, 5.41) is 0. The summed E-state index contributed by atoms with van der Waals surface area (Å²) < 4.78 is 10.8. The minimum absolute atomic E-state index is 0.0919. The maximum absolute atomic E-state index is 12.4. The fraction of sp³-hybridized carbons (Fsp3) is 0.364. The van der Waals surface area contributed by atoms with Crippen LogP contribution in [0.4, 0.5) is 5.69 Å². The number of rotatable bonds is 7. The van der Waals surface area contributed by atoms with Gasteiger partial charge < -0.3 is 19.3 Å². The Hall–Kier alpha value is -3.02. The van der Waals surface area contributed by atoms with Crippen LogP contribution in [0.25, 0.3) is 0 Å². The second kappa shape index (κ2) is 9.78. The average Bonchev–Trinajstić information content (AvgIpc) is 2.75. The van der Waals surface area contributed by atoms with Crippen LogP contribution in [0.2, 0.25) is 0 Å². The molecule has 1 heterocycles. The molecule has 3 rings (SSSR count). The zero-order chi connectivity index (χ0) is 19.8. The Morgan fingerprint density at radius 2 is 1.61 bits per heavy atom. The zero-order valence-electron chi connectivity index (χ0n) is 16.2. The van der Waals surface area contributed by atoms with E-state index in [-0.39, 0.29) is 11.9 Å². The first-order valence-electron chi connectivity index (χ1n) is 9.65. The second-order valence-electron chi connectivity index (χ2n) is 6.52. The highest BCUT2D eigenvalue weighted by molar-refractivity contribution is 5.96. The lowest BCUT2D eigenvalue weighted by atomic mass is 10.1. The van der Waals surface area contributed by atoms with Crippen molar-refractivity contribution in [1.82, 2.24) is 4.90 Å². The van der Waals surface area contributed by atoms with Crippen LogP contribution in [-0.4, -0.2) is 56.2 Å². The van der Waals surface area contributed by atoms with Crippen LogP contribution in [0.3, 0.4) is 0 Å². The normalized spacial score (nSPS) is 13.9. The Kier molecular flexibility index (Phi) is 6.89. The third-order valence-corrected chi connectivity index (χ3v) is 4.70. The van der Waals surface area contributed by atoms with Crippen LogP contribution >= 0.6 is 0 Å². The van der Waals surface area contributed by atoms with Crippen LogP contribution in [0.5, 0.6) is 5.75 Å². The van der Waals surface area contributed by atoms with E-state index in [0.29, 0.717) is 51.4 Å². The number of hydrogen-bond acceptors (Lipinski definition) is 5. The molecule has 0 atom stereocenters. The van der Waals surface area contributed by atoms with E-state index in [2.05, 4.69) is 4.90 Å². The highest BCUT2D eigenvalue weighted by Crippen LogP contribution is 2.23. The van der Waals surface area contributed by atoms with Crippen LogP contribution in [-0.2, 0) is 9.53 Å². The first-order valence-corrected chi connectivity index (χ1v) is 9.65. The molecule has 6 nitrogen and oxygen atoms in total. The summed E-state index contributed by atoms with van der Waals surface area (Å²) in [6, 6.07) is 17.0. The van der Waals surface area contributed by atoms with E-state index in [9.17, 15) is 9.59 Å². The molecule has 1 amide bonds. The Balaban J connectivity index is 1.50. The molecular weight excluding hydrogens is 356 g/mol. The summed E-state index contributed by atoms with van der Waals surface area (Å²) in [6.45, 7) is 5.13. The number of carbonyl (C=O) groups is 2. The molecule has 0 saturated carbocycles. The lowest BCUT2D eigenvalue weighted by Gasteiger charge is -2.36. The molecule has 0 radical (unpaired) electrons. The van der Waals surface area contributed by atoms with Gasteiger partial charge in [-0.3, -0.25) is 4.79 Å². The van der Waals surface area contributed by atoms with Crippen molar-refractivity contribution >= 4 is 17.6 Å². The van der Waals surface area contributed by atoms with Crippen molar-refractivity contribution in [1.29, 1.82) is 0 Å². The van der Waals surface area contributed by atoms with Gasteiger partial charge in [-0.05, 0) is 31.2 Å². The minimum atomic E-state index is -0.310. The summed E-state index contributed by atoms with van der Waals surface area (Å²) in [7, 11) is 0. The van der Waals surface area contributed by atoms with Gasteiger partial charge in [0.15, 0.2) is 0 Å². The first kappa shape index (κ1) is 19.7. The number of carbonyl (C=O) groups excluding carboxylic acids is 2. The van der Waals surface area contributed by atoms with Gasteiger partial charge in [-0.15, -0.1) is 0 Å². The van der Waals surface area contributed by atoms with E-state index in [1.807, 2.05) is 53.4 Å². The van der Waals surface area contributed by atoms with E-state index in [1.165, 1.54) is 0 Å². The van der Waals surface area contributed by atoms with Crippen LogP contribution in [0.15, 0.2) is 54.6 Å². The number of esters is 1. The smallest absolute Gasteiger partial charge is 0.340 e. The highest BCUT2D eigenvalue weighted by Gasteiger charge is 2.24. The van der Waals surface area contributed by atoms with Gasteiger partial charge in [-0.25, -0.2) is 4.79 Å². The molecule has 0 unspecified atom stereocenters. The molecule has 1 aliphatic rings. The molecule has 1 saturated heterocycles. The van der Waals surface area contributed by atoms with Gasteiger partial charge in [-0.1, -0.05) is 30.3 Å². The molecular formula is C22H26N2O4. The van der Waals surface area contributed by atoms with Gasteiger partial charge in [0.25, 0.3) is 0 Å². The van der Waals surface area contributed by atoms with Gasteiger partial charge in [0, 0.05) is 26.2 Å². The minimum Gasteiger partial charge on any atom is -0.493 e. The number of amides is 1. The summed E-state index contributed by atoms with van der Waals surface area (Å²) in [5.74, 6) is 0.555. The Labute approximate surface area is 165 Å². The molecule has 1 fully saturated rings. The quantitative estimate of drug-likeness (QED) is 0.689. The molecule has 6 heteroatoms. The molecule has 0 spiro atoms. The Morgan fingerprint density at radius 3 is 2.32 bits per heavy atom. The topological polar surface area (TPSA) is 59.1 Å². The molecule has 1 aliphatic heterocycles. The van der Waals surface area contributed by atoms with Gasteiger partial charge in [0.05, 0.1) is 30.9 Å². The fourth-order valence-electron chi connectivity index (χ4n) is 3.26. The molecule has 148 valence electrons. The van der Waals surface area contributed by atoms with Crippen molar-refractivity contribution < 1.29 is 19.1 Å². The van der Waals surface area contributed by atoms with E-state index in [1.54, 1.807) is 13.0 Å². The molecule has 0 aliphatic carbocycles. The SMILES string of the molecule is CCOC(=O)c1ccccc1N1CCN(C(=O)CCOc2ccccc2)CC1. The highest BCUT2D eigenvalue weighted by atomic mass is 16.5. The number of benzene rings is 2. The lowest BCUT2D eigenvalue weighted by molar-refractivity contribution is -0.132. The van der Waals surface area contributed by atoms with E-state index >= 15 is 0 Å². The van der Waals surface area contributed by atoms with Crippen LogP contribution < -0.4 is 9.64 Å². The second-order valence-corrected chi connectivity index (χ2v) is 6.52. The number of ether oxygens (including phenoxy) is 2. The molecule has 0 bridgehead atoms. The molecule has 2 aromatic rings. The zero-order valence-corrected chi connectivity index (χ0v) is 16.2. The van der Waals surface area contributed by atoms with Gasteiger partial charge >= 0.3 is 5.97 Å². The molecule has 28 heavy (non-hydrogen) atoms. The van der Waals surface area contributed by atoms with Crippen molar-refractivity contribution in [2.75, 3.05) is 44.3 Å². The lowest BCUT2D eigenvalue weighted by Crippen LogP contribution is -2.49. The number of para-hydroxylation sites is 2. The monoisotopic (exact) mass is 382 g/mol. The average molecular weight is 382 g/mol. The largest absolute Gasteiger partial charge is 0.493 e. The van der Waals surface area contributed by atoms with Gasteiger partial charge in [0.2, 0.25) is 5.91 Å². The molecule has 0 aromatic heterocycles. The van der Waals surface area contributed by atoms with Crippen molar-refractivity contribution in [2.24, 2.45) is 0 Å². The summed E-state index contributed by atoms with van der Waals surface area (Å²) in [4.78, 5) is 28.6. The van der Waals surface area contributed by atoms with Crippen molar-refractivity contribution in [3.05, 3.63) is 60.2 Å². The molecule has 2 aromatic carbocycles. The van der Waals surface area contributed by atoms with E-state index < -0.39 is 0 Å². The summed E-state index contributed by atoms with van der Waals surface area (Å²) in [5.41, 5.74) is 1.43. The van der Waals surface area contributed by atoms with Crippen molar-refractivity contribution in [3.63, 3.8) is 0 Å². The van der Waals surface area contributed by atoms with Crippen molar-refractivity contribution in [2.45, 2.75) is 13.3 Å². The number of hydrogen-bond donors (Lipinski definition) is 0. The summed E-state index contributed by atoms with van der Waals surface area (Å²) in [6.07, 6.45) is 0.355. The number of nitrogens with zero attached hydrogens (tertiary/aromatic N) is 2. The third-order valence-electron chi connectivity index (χ3n) is 4.70.